The Balaban J connectivity index is 1.39. The largest absolute Gasteiger partial charge is 0.330 e. The summed E-state index contributed by atoms with van der Waals surface area (Å²) in [5.74, 6) is -2.15. The van der Waals surface area contributed by atoms with Gasteiger partial charge in [-0.15, -0.1) is 11.3 Å². The lowest BCUT2D eigenvalue weighted by molar-refractivity contribution is -0.120. The average Bonchev–Trinajstić information content (AvgIpc) is 3.49. The summed E-state index contributed by atoms with van der Waals surface area (Å²) >= 11 is 1.43. The molecule has 0 saturated carbocycles. The van der Waals surface area contributed by atoms with Gasteiger partial charge in [0, 0.05) is 37.5 Å². The number of urea groups is 1. The number of aromatic nitrogens is 2. The van der Waals surface area contributed by atoms with Crippen molar-refractivity contribution in [2.75, 3.05) is 16.3 Å². The molecule has 14 heteroatoms. The minimum absolute atomic E-state index is 0.0913. The number of carbonyl (C=O) groups excluding carboxylic acids is 2. The van der Waals surface area contributed by atoms with Crippen molar-refractivity contribution in [1.82, 2.24) is 20.0 Å². The first kappa shape index (κ1) is 27.4. The molecule has 2 N–H and O–H groups in total. The van der Waals surface area contributed by atoms with Crippen LogP contribution in [-0.2, 0) is 27.8 Å². The number of pyridine rings is 1. The minimum atomic E-state index is -4.41. The number of rotatable bonds is 7. The molecule has 0 radical (unpaired) electrons. The molecule has 3 heterocycles. The molecule has 40 heavy (non-hydrogen) atoms. The lowest BCUT2D eigenvalue weighted by Crippen LogP contribution is -2.55. The van der Waals surface area contributed by atoms with Gasteiger partial charge in [0.2, 0.25) is 5.91 Å². The van der Waals surface area contributed by atoms with Crippen molar-refractivity contribution in [2.24, 2.45) is 0 Å². The monoisotopic (exact) mass is 586 g/mol. The first-order valence-electron chi connectivity index (χ1n) is 12.1. The van der Waals surface area contributed by atoms with Crippen LogP contribution in [0, 0.1) is 11.6 Å². The zero-order chi connectivity index (χ0) is 28.6. The van der Waals surface area contributed by atoms with E-state index in [1.807, 2.05) is 4.72 Å². The third-order valence-electron chi connectivity index (χ3n) is 6.47. The van der Waals surface area contributed by atoms with Crippen LogP contribution in [-0.4, -0.2) is 49.5 Å². The number of likely N-dealkylation sites (N-methyl/N-ethyl adjacent to an activating group) is 1. The lowest BCUT2D eigenvalue weighted by atomic mass is 10.0. The summed E-state index contributed by atoms with van der Waals surface area (Å²) in [5.41, 5.74) is 3.59. The number of nitrogens with zero attached hydrogens (tertiary/aromatic N) is 4. The van der Waals surface area contributed by atoms with Crippen LogP contribution < -0.4 is 19.2 Å². The van der Waals surface area contributed by atoms with Gasteiger partial charge in [-0.05, 0) is 60.9 Å². The molecule has 2 aromatic heterocycles. The fourth-order valence-electron chi connectivity index (χ4n) is 4.68. The topological polar surface area (TPSA) is 125 Å². The van der Waals surface area contributed by atoms with E-state index >= 15 is 0 Å². The Morgan fingerprint density at radius 2 is 1.90 bits per heavy atom. The summed E-state index contributed by atoms with van der Waals surface area (Å²) < 4.78 is 58.0. The van der Waals surface area contributed by atoms with Gasteiger partial charge in [0.05, 0.1) is 15.7 Å². The number of anilines is 2. The number of nitrogens with one attached hydrogen (secondary N) is 2. The van der Waals surface area contributed by atoms with Crippen molar-refractivity contribution in [2.45, 2.75) is 31.8 Å². The van der Waals surface area contributed by atoms with Gasteiger partial charge in [-0.25, -0.2) is 32.6 Å². The standard InChI is InChI=1S/C26H24F2N6O4S2/c1-15-8-17-4-3-7-29-24(17)34(15)40(37,38)32-26(36)31-22(11-16-9-18(27)12-19(28)10-16)25(35)33(2)20-5-6-23-21(13-20)30-14-39-23/h3-7,9-10,12-15,22H,8,11H2,1-2H3,(H2,31,32,36)/t15?,22-/m0/s1. The van der Waals surface area contributed by atoms with E-state index in [-0.39, 0.29) is 17.8 Å². The lowest BCUT2D eigenvalue weighted by Gasteiger charge is -2.27. The van der Waals surface area contributed by atoms with Crippen LogP contribution in [0.2, 0.25) is 0 Å². The Morgan fingerprint density at radius 3 is 2.65 bits per heavy atom. The van der Waals surface area contributed by atoms with E-state index in [1.165, 1.54) is 29.5 Å². The molecular formula is C26H24F2N6O4S2. The highest BCUT2D eigenvalue weighted by Crippen LogP contribution is 2.31. The molecule has 0 bridgehead atoms. The summed E-state index contributed by atoms with van der Waals surface area (Å²) in [5, 5.41) is 2.38. The fourth-order valence-corrected chi connectivity index (χ4v) is 6.67. The van der Waals surface area contributed by atoms with E-state index in [0.29, 0.717) is 29.3 Å². The number of hydrogen-bond donors (Lipinski definition) is 2. The first-order valence-corrected chi connectivity index (χ1v) is 14.5. The molecular weight excluding hydrogens is 562 g/mol. The number of carbonyl (C=O) groups is 2. The van der Waals surface area contributed by atoms with Gasteiger partial charge in [-0.1, -0.05) is 6.07 Å². The van der Waals surface area contributed by atoms with Gasteiger partial charge in [0.15, 0.2) is 0 Å². The van der Waals surface area contributed by atoms with Crippen molar-refractivity contribution in [3.8, 4) is 0 Å². The predicted octanol–water partition coefficient (Wildman–Crippen LogP) is 3.54. The van der Waals surface area contributed by atoms with E-state index in [0.717, 1.165) is 21.1 Å². The van der Waals surface area contributed by atoms with Gasteiger partial charge in [0.1, 0.15) is 23.5 Å². The molecule has 0 fully saturated rings. The van der Waals surface area contributed by atoms with Crippen LogP contribution in [0.15, 0.2) is 60.2 Å². The third-order valence-corrected chi connectivity index (χ3v) is 8.77. The molecule has 0 aliphatic carbocycles. The molecule has 0 saturated heterocycles. The van der Waals surface area contributed by atoms with Crippen molar-refractivity contribution < 1.29 is 26.8 Å². The van der Waals surface area contributed by atoms with Gasteiger partial charge >= 0.3 is 16.2 Å². The van der Waals surface area contributed by atoms with Gasteiger partial charge in [-0.3, -0.25) is 4.79 Å². The number of halogens is 2. The molecule has 1 aliphatic rings. The summed E-state index contributed by atoms with van der Waals surface area (Å²) in [4.78, 5) is 36.2. The molecule has 1 unspecified atom stereocenters. The number of hydrogen-bond acceptors (Lipinski definition) is 7. The highest BCUT2D eigenvalue weighted by molar-refractivity contribution is 7.91. The molecule has 2 aromatic carbocycles. The smallest absolute Gasteiger partial charge is 0.325 e. The SMILES string of the molecule is CC1Cc2cccnc2N1S(=O)(=O)NC(=O)N[C@@H](Cc1cc(F)cc(F)c1)C(=O)N(C)c1ccc2scnc2c1. The maximum Gasteiger partial charge on any atom is 0.330 e. The van der Waals surface area contributed by atoms with Crippen molar-refractivity contribution in [3.05, 3.63) is 83.0 Å². The Kier molecular flexibility index (Phi) is 7.38. The maximum atomic E-state index is 13.9. The molecule has 3 amide bonds. The average molecular weight is 587 g/mol. The van der Waals surface area contributed by atoms with Gasteiger partial charge < -0.3 is 10.2 Å². The van der Waals surface area contributed by atoms with Crippen molar-refractivity contribution in [3.63, 3.8) is 0 Å². The Labute approximate surface area is 232 Å². The van der Waals surface area contributed by atoms with Crippen LogP contribution in [0.4, 0.5) is 25.1 Å². The van der Waals surface area contributed by atoms with E-state index in [4.69, 9.17) is 0 Å². The first-order chi connectivity index (χ1) is 19.0. The number of thiazole rings is 1. The van der Waals surface area contributed by atoms with E-state index in [1.54, 1.807) is 42.8 Å². The number of benzene rings is 2. The molecule has 0 spiro atoms. The highest BCUT2D eigenvalue weighted by atomic mass is 32.2. The second-order valence-electron chi connectivity index (χ2n) is 9.35. The van der Waals surface area contributed by atoms with E-state index in [2.05, 4.69) is 15.3 Å². The predicted molar refractivity (Wildman–Crippen MR) is 147 cm³/mol. The normalized spacial score (nSPS) is 15.5. The fraction of sp³-hybridized carbons (Fsp3) is 0.231. The molecule has 2 atom stereocenters. The van der Waals surface area contributed by atoms with Crippen LogP contribution in [0.5, 0.6) is 0 Å². The summed E-state index contributed by atoms with van der Waals surface area (Å²) in [6.07, 6.45) is 1.55. The quantitative estimate of drug-likeness (QED) is 0.342. The molecule has 208 valence electrons. The zero-order valence-corrected chi connectivity index (χ0v) is 23.0. The summed E-state index contributed by atoms with van der Waals surface area (Å²) in [6, 6.07) is 8.30. The Morgan fingerprint density at radius 1 is 1.15 bits per heavy atom. The van der Waals surface area contributed by atoms with Gasteiger partial charge in [0.25, 0.3) is 0 Å². The molecule has 1 aliphatic heterocycles. The second kappa shape index (κ2) is 10.8. The minimum Gasteiger partial charge on any atom is -0.325 e. The molecule has 5 rings (SSSR count). The second-order valence-corrected chi connectivity index (χ2v) is 11.8. The zero-order valence-electron chi connectivity index (χ0n) is 21.3. The van der Waals surface area contributed by atoms with Crippen LogP contribution in [0.25, 0.3) is 10.2 Å². The highest BCUT2D eigenvalue weighted by Gasteiger charge is 2.38. The van der Waals surface area contributed by atoms with Crippen LogP contribution in [0.1, 0.15) is 18.1 Å². The summed E-state index contributed by atoms with van der Waals surface area (Å²) in [7, 11) is -2.94. The van der Waals surface area contributed by atoms with Crippen LogP contribution >= 0.6 is 11.3 Å². The van der Waals surface area contributed by atoms with Crippen LogP contribution in [0.3, 0.4) is 0 Å². The maximum absolute atomic E-state index is 13.9. The Bertz CT molecular complexity index is 1690. The summed E-state index contributed by atoms with van der Waals surface area (Å²) in [6.45, 7) is 1.68. The van der Waals surface area contributed by atoms with E-state index < -0.39 is 45.9 Å². The van der Waals surface area contributed by atoms with E-state index in [9.17, 15) is 26.8 Å². The number of fused-ring (bicyclic) bond motifs is 2. The third kappa shape index (κ3) is 5.58. The molecule has 10 nitrogen and oxygen atoms in total. The van der Waals surface area contributed by atoms with Crippen molar-refractivity contribution >= 4 is 55.2 Å². The van der Waals surface area contributed by atoms with Gasteiger partial charge in [-0.2, -0.15) is 8.42 Å². The number of amides is 3. The molecule has 4 aromatic rings. The van der Waals surface area contributed by atoms with Crippen molar-refractivity contribution in [1.29, 1.82) is 0 Å². The Hall–Kier alpha value is -4.17.